The lowest BCUT2D eigenvalue weighted by molar-refractivity contribution is 0.483. The first-order valence-corrected chi connectivity index (χ1v) is 27.3. The largest absolute Gasteiger partial charge is 0.464 e. The van der Waals surface area contributed by atoms with Gasteiger partial charge in [0.15, 0.2) is 5.82 Å². The molecular weight excluding hydrogens is 960 g/mol. The van der Waals surface area contributed by atoms with Crippen LogP contribution in [0.15, 0.2) is 199 Å². The Morgan fingerprint density at radius 2 is 0.949 bits per heavy atom. The molecule has 12 aromatic rings. The van der Waals surface area contributed by atoms with E-state index in [4.69, 9.17) is 19.1 Å². The van der Waals surface area contributed by atoms with Crippen molar-refractivity contribution in [3.05, 3.63) is 228 Å². The van der Waals surface area contributed by atoms with Crippen molar-refractivity contribution in [2.45, 2.75) is 86.0 Å². The third-order valence-electron chi connectivity index (χ3n) is 15.2. The number of rotatable bonds is 13. The van der Waals surface area contributed by atoms with Gasteiger partial charge in [0.05, 0.1) is 39.8 Å². The smallest absolute Gasteiger partial charge is 0.151 e. The molecule has 386 valence electrons. The van der Waals surface area contributed by atoms with Crippen LogP contribution in [0.2, 0.25) is 0 Å². The van der Waals surface area contributed by atoms with Gasteiger partial charge >= 0.3 is 0 Å². The van der Waals surface area contributed by atoms with Gasteiger partial charge in [0.2, 0.25) is 0 Å². The molecule has 0 aliphatic carbocycles. The molecule has 0 aliphatic rings. The topological polar surface area (TPSA) is 58.0 Å². The number of aryl methyl sites for hydroxylation is 1. The highest BCUT2D eigenvalue weighted by atomic mass is 19.1. The molecule has 7 heteroatoms. The number of hydrogen-bond donors (Lipinski definition) is 0. The molecule has 9 aromatic carbocycles. The lowest BCUT2D eigenvalue weighted by Gasteiger charge is -2.24. The standard InChI is InChI=1S/C71H63FN4O2/c1-42(2)57-37-53(48-21-14-11-15-22-48)38-58(43(3)4)67(57)75-64-26-17-16-25-63(64)73-70(75)52-23-18-24-55(36-52)78-56-35-51-31-32-77-69(51)61(41-56)71-74-66-62(72)33-46(9)34-65(66)76(71)68-59(44(5)6)39-54(40-60(68)45(7)8)50-29-27-49(28-30-50)47-19-12-10-13-20-47/h10-45H,1-9H3. The molecule has 0 unspecified atom stereocenters. The van der Waals surface area contributed by atoms with E-state index in [9.17, 15) is 0 Å². The number of para-hydroxylation sites is 2. The van der Waals surface area contributed by atoms with E-state index < -0.39 is 0 Å². The molecule has 0 bridgehead atoms. The van der Waals surface area contributed by atoms with Gasteiger partial charge < -0.3 is 9.15 Å². The molecule has 3 aromatic heterocycles. The van der Waals surface area contributed by atoms with Crippen LogP contribution in [0.4, 0.5) is 4.39 Å². The summed E-state index contributed by atoms with van der Waals surface area (Å²) in [4.78, 5) is 10.6. The van der Waals surface area contributed by atoms with E-state index in [1.54, 1.807) is 12.3 Å². The zero-order valence-electron chi connectivity index (χ0n) is 45.8. The third kappa shape index (κ3) is 9.07. The Morgan fingerprint density at radius 3 is 1.54 bits per heavy atom. The van der Waals surface area contributed by atoms with Gasteiger partial charge in [0.25, 0.3) is 0 Å². The van der Waals surface area contributed by atoms with E-state index in [0.717, 1.165) is 67.0 Å². The van der Waals surface area contributed by atoms with Gasteiger partial charge in [-0.05, 0) is 171 Å². The second kappa shape index (κ2) is 20.3. The fraction of sp³-hybridized carbons (Fsp3) is 0.183. The Kier molecular flexibility index (Phi) is 13.0. The number of benzene rings is 9. The van der Waals surface area contributed by atoms with Gasteiger partial charge in [-0.2, -0.15) is 0 Å². The van der Waals surface area contributed by atoms with Crippen molar-refractivity contribution in [1.29, 1.82) is 0 Å². The van der Waals surface area contributed by atoms with Crippen LogP contribution < -0.4 is 4.74 Å². The Balaban J connectivity index is 0.998. The first-order valence-electron chi connectivity index (χ1n) is 27.3. The number of aromatic nitrogens is 4. The number of ether oxygens (including phenoxy) is 1. The fourth-order valence-electron chi connectivity index (χ4n) is 11.3. The van der Waals surface area contributed by atoms with Gasteiger partial charge in [0, 0.05) is 10.9 Å². The van der Waals surface area contributed by atoms with Crippen LogP contribution in [0, 0.1) is 12.7 Å². The molecule has 0 amide bonds. The molecule has 0 spiro atoms. The minimum atomic E-state index is -0.378. The average molecular weight is 1020 g/mol. The summed E-state index contributed by atoms with van der Waals surface area (Å²) >= 11 is 0. The summed E-state index contributed by atoms with van der Waals surface area (Å²) < 4.78 is 34.4. The second-order valence-corrected chi connectivity index (χ2v) is 22.0. The summed E-state index contributed by atoms with van der Waals surface area (Å²) in [5, 5.41) is 0.833. The maximum atomic E-state index is 16.5. The quantitative estimate of drug-likeness (QED) is 0.115. The maximum Gasteiger partial charge on any atom is 0.151 e. The summed E-state index contributed by atoms with van der Waals surface area (Å²) in [5.74, 6) is 2.88. The van der Waals surface area contributed by atoms with Crippen molar-refractivity contribution in [3.8, 4) is 79.0 Å². The molecule has 0 atom stereocenters. The molecule has 12 rings (SSSR count). The molecule has 0 aliphatic heterocycles. The Labute approximate surface area is 456 Å². The molecule has 0 radical (unpaired) electrons. The summed E-state index contributed by atoms with van der Waals surface area (Å²) in [7, 11) is 0. The molecule has 6 nitrogen and oxygen atoms in total. The van der Waals surface area contributed by atoms with Gasteiger partial charge in [0.1, 0.15) is 34.2 Å². The summed E-state index contributed by atoms with van der Waals surface area (Å²) in [6, 6.07) is 65.4. The average Bonchev–Trinajstić information content (AvgIpc) is 4.35. The Morgan fingerprint density at radius 1 is 0.436 bits per heavy atom. The molecule has 0 saturated heterocycles. The van der Waals surface area contributed by atoms with Gasteiger partial charge in [-0.3, -0.25) is 9.13 Å². The first kappa shape index (κ1) is 50.0. The minimum Gasteiger partial charge on any atom is -0.464 e. The van der Waals surface area contributed by atoms with Crippen molar-refractivity contribution in [2.24, 2.45) is 0 Å². The van der Waals surface area contributed by atoms with Gasteiger partial charge in [-0.15, -0.1) is 0 Å². The SMILES string of the molecule is Cc1cc(F)c2nc(-c3cc(Oc4cccc(-c5nc6ccccc6n5-c5c(C(C)C)cc(-c6ccccc6)cc5C(C)C)c4)cc4ccoc34)n(-c3c(C(C)C)cc(-c4ccc(-c5ccccc5)cc4)cc3C(C)C)c2c1. The van der Waals surface area contributed by atoms with Crippen LogP contribution in [-0.2, 0) is 0 Å². The highest BCUT2D eigenvalue weighted by molar-refractivity contribution is 5.96. The van der Waals surface area contributed by atoms with Crippen molar-refractivity contribution >= 4 is 33.0 Å². The van der Waals surface area contributed by atoms with E-state index in [0.29, 0.717) is 34.0 Å². The monoisotopic (exact) mass is 1020 g/mol. The van der Waals surface area contributed by atoms with E-state index >= 15 is 4.39 Å². The normalized spacial score (nSPS) is 11.9. The number of imidazole rings is 2. The highest BCUT2D eigenvalue weighted by Crippen LogP contribution is 2.45. The van der Waals surface area contributed by atoms with Crippen LogP contribution in [0.1, 0.15) is 107 Å². The number of furan rings is 1. The van der Waals surface area contributed by atoms with Gasteiger partial charge in [-0.1, -0.05) is 165 Å². The number of nitrogens with zero attached hydrogens (tertiary/aromatic N) is 4. The molecule has 0 N–H and O–H groups in total. The van der Waals surface area contributed by atoms with Crippen molar-refractivity contribution < 1.29 is 13.5 Å². The van der Waals surface area contributed by atoms with Crippen LogP contribution >= 0.6 is 0 Å². The number of fused-ring (bicyclic) bond motifs is 3. The van der Waals surface area contributed by atoms with Crippen LogP contribution in [-0.4, -0.2) is 19.1 Å². The maximum absolute atomic E-state index is 16.5. The number of hydrogen-bond acceptors (Lipinski definition) is 4. The van der Waals surface area contributed by atoms with Gasteiger partial charge in [-0.25, -0.2) is 14.4 Å². The van der Waals surface area contributed by atoms with Crippen molar-refractivity contribution in [1.82, 2.24) is 19.1 Å². The molecule has 0 saturated carbocycles. The highest BCUT2D eigenvalue weighted by Gasteiger charge is 2.28. The zero-order valence-corrected chi connectivity index (χ0v) is 45.8. The van der Waals surface area contributed by atoms with Crippen LogP contribution in [0.3, 0.4) is 0 Å². The minimum absolute atomic E-state index is 0.0994. The second-order valence-electron chi connectivity index (χ2n) is 22.0. The van der Waals surface area contributed by atoms with Crippen molar-refractivity contribution in [2.75, 3.05) is 0 Å². The number of halogens is 1. The fourth-order valence-corrected chi connectivity index (χ4v) is 11.3. The summed E-state index contributed by atoms with van der Waals surface area (Å²) in [6.45, 7) is 20.0. The third-order valence-corrected chi connectivity index (χ3v) is 15.2. The van der Waals surface area contributed by atoms with E-state index in [1.807, 2.05) is 49.4 Å². The van der Waals surface area contributed by atoms with Crippen molar-refractivity contribution in [3.63, 3.8) is 0 Å². The lowest BCUT2D eigenvalue weighted by Crippen LogP contribution is -2.09. The Bertz CT molecular complexity index is 4140. The van der Waals surface area contributed by atoms with E-state index in [2.05, 4.69) is 204 Å². The predicted molar refractivity (Wildman–Crippen MR) is 320 cm³/mol. The predicted octanol–water partition coefficient (Wildman–Crippen LogP) is 20.2. The van der Waals surface area contributed by atoms with Crippen LogP contribution in [0.5, 0.6) is 11.5 Å². The summed E-state index contributed by atoms with van der Waals surface area (Å²) in [6.07, 6.45) is 1.70. The Hall–Kier alpha value is -8.81. The molecule has 78 heavy (non-hydrogen) atoms. The summed E-state index contributed by atoms with van der Waals surface area (Å²) in [5.41, 5.74) is 19.9. The van der Waals surface area contributed by atoms with E-state index in [-0.39, 0.29) is 35.0 Å². The van der Waals surface area contributed by atoms with E-state index in [1.165, 1.54) is 33.4 Å². The van der Waals surface area contributed by atoms with Crippen LogP contribution in [0.25, 0.3) is 101 Å². The lowest BCUT2D eigenvalue weighted by atomic mass is 9.87. The molecule has 0 fully saturated rings. The zero-order chi connectivity index (χ0) is 53.9. The molecule has 3 heterocycles. The molecular formula is C71H63FN4O2. The first-order chi connectivity index (χ1) is 37.8.